The van der Waals surface area contributed by atoms with E-state index in [1.807, 2.05) is 12.1 Å². The van der Waals surface area contributed by atoms with E-state index in [-0.39, 0.29) is 28.3 Å². The Kier molecular flexibility index (Phi) is 5.49. The second kappa shape index (κ2) is 8.19. The number of carboxylic acid groups (broad SMARTS) is 1. The van der Waals surface area contributed by atoms with Crippen LogP contribution in [0.4, 0.5) is 5.69 Å². The maximum absolute atomic E-state index is 12.9. The third-order valence-electron chi connectivity index (χ3n) is 6.51. The van der Waals surface area contributed by atoms with Crippen LogP contribution in [0, 0.1) is 5.92 Å². The molecule has 1 saturated heterocycles. The number of aromatic carboxylic acids is 1. The van der Waals surface area contributed by atoms with Crippen LogP contribution >= 0.6 is 11.6 Å². The molecule has 32 heavy (non-hydrogen) atoms. The smallest absolute Gasteiger partial charge is 0.335 e. The molecular formula is C23H23ClN2O5S. The average Bonchev–Trinajstić information content (AvgIpc) is 3.29. The molecule has 0 saturated carbocycles. The number of carboxylic acids is 1. The summed E-state index contributed by atoms with van der Waals surface area (Å²) in [4.78, 5) is 11.8. The lowest BCUT2D eigenvalue weighted by molar-refractivity contribution is 0.0696. The van der Waals surface area contributed by atoms with E-state index in [2.05, 4.69) is 17.5 Å². The minimum absolute atomic E-state index is 0.0461. The lowest BCUT2D eigenvalue weighted by Crippen LogP contribution is -2.40. The van der Waals surface area contributed by atoms with E-state index in [0.29, 0.717) is 31.3 Å². The molecular weight excluding hydrogens is 452 g/mol. The Morgan fingerprint density at radius 2 is 1.88 bits per heavy atom. The molecule has 0 unspecified atom stereocenters. The van der Waals surface area contributed by atoms with Crippen molar-refractivity contribution in [3.8, 4) is 0 Å². The fraction of sp³-hybridized carbons (Fsp3) is 0.348. The van der Waals surface area contributed by atoms with Crippen molar-refractivity contribution in [1.82, 2.24) is 4.31 Å². The summed E-state index contributed by atoms with van der Waals surface area (Å²) < 4.78 is 32.6. The monoisotopic (exact) mass is 474 g/mol. The number of allylic oxidation sites excluding steroid dienone is 2. The number of ether oxygens (including phenoxy) is 1. The van der Waals surface area contributed by atoms with Crippen LogP contribution in [0.1, 0.15) is 39.9 Å². The molecule has 9 heteroatoms. The normalized spacial score (nSPS) is 25.1. The standard InChI is InChI=1S/C23H23ClN2O5S/c24-20-13-15(23(27)28)12-19-17-2-1-3-18(17)21(25-22(19)20)14-4-6-16(7-5-14)32(29,30)26-8-10-31-11-9-26/h1-2,4-7,12-13,17-18,21,25H,3,8-11H2,(H,27,28)/t17-,18+,21-/m1/s1. The minimum atomic E-state index is -3.55. The zero-order valence-electron chi connectivity index (χ0n) is 17.2. The minimum Gasteiger partial charge on any atom is -0.478 e. The summed E-state index contributed by atoms with van der Waals surface area (Å²) in [5, 5.41) is 13.3. The quantitative estimate of drug-likeness (QED) is 0.653. The summed E-state index contributed by atoms with van der Waals surface area (Å²) in [6.07, 6.45) is 5.05. The summed E-state index contributed by atoms with van der Waals surface area (Å²) in [5.74, 6) is -0.776. The van der Waals surface area contributed by atoms with Crippen LogP contribution in [-0.4, -0.2) is 50.1 Å². The van der Waals surface area contributed by atoms with E-state index < -0.39 is 16.0 Å². The molecule has 168 valence electrons. The van der Waals surface area contributed by atoms with Gasteiger partial charge >= 0.3 is 5.97 Å². The fourth-order valence-corrected chi connectivity index (χ4v) is 6.58. The Hall–Kier alpha value is -2.39. The predicted octanol–water partition coefficient (Wildman–Crippen LogP) is 3.89. The first-order valence-corrected chi connectivity index (χ1v) is 12.4. The van der Waals surface area contributed by atoms with Crippen molar-refractivity contribution < 1.29 is 23.1 Å². The van der Waals surface area contributed by atoms with Crippen LogP contribution in [0.3, 0.4) is 0 Å². The number of nitrogens with one attached hydrogen (secondary N) is 1. The Labute approximate surface area is 191 Å². The van der Waals surface area contributed by atoms with Crippen molar-refractivity contribution in [2.75, 3.05) is 31.6 Å². The summed E-state index contributed by atoms with van der Waals surface area (Å²) in [5.41, 5.74) is 2.76. The SMILES string of the molecule is O=C(O)c1cc(Cl)c2c(c1)[C@@H]1C=CC[C@@H]1[C@@H](c1ccc(S(=O)(=O)N3CCOCC3)cc1)N2. The van der Waals surface area contributed by atoms with Gasteiger partial charge in [-0.2, -0.15) is 4.31 Å². The lowest BCUT2D eigenvalue weighted by Gasteiger charge is -2.38. The largest absolute Gasteiger partial charge is 0.478 e. The molecule has 0 radical (unpaired) electrons. The molecule has 2 aliphatic heterocycles. The van der Waals surface area contributed by atoms with Gasteiger partial charge in [0.1, 0.15) is 0 Å². The lowest BCUT2D eigenvalue weighted by atomic mass is 9.76. The number of morpholine rings is 1. The molecule has 2 N–H and O–H groups in total. The molecule has 7 nitrogen and oxygen atoms in total. The van der Waals surface area contributed by atoms with Gasteiger partial charge in [-0.3, -0.25) is 0 Å². The van der Waals surface area contributed by atoms with Crippen LogP contribution < -0.4 is 5.32 Å². The van der Waals surface area contributed by atoms with Gasteiger partial charge in [0.2, 0.25) is 10.0 Å². The van der Waals surface area contributed by atoms with Crippen molar-refractivity contribution in [2.24, 2.45) is 5.92 Å². The number of rotatable bonds is 4. The van der Waals surface area contributed by atoms with E-state index in [4.69, 9.17) is 16.3 Å². The maximum atomic E-state index is 12.9. The molecule has 2 heterocycles. The highest BCUT2D eigenvalue weighted by Crippen LogP contribution is 2.51. The number of benzene rings is 2. The van der Waals surface area contributed by atoms with E-state index in [1.54, 1.807) is 18.2 Å². The Balaban J connectivity index is 1.46. The summed E-state index contributed by atoms with van der Waals surface area (Å²) in [7, 11) is -3.55. The van der Waals surface area contributed by atoms with Gasteiger partial charge in [-0.1, -0.05) is 35.9 Å². The van der Waals surface area contributed by atoms with Gasteiger partial charge in [-0.25, -0.2) is 13.2 Å². The first-order valence-electron chi connectivity index (χ1n) is 10.5. The number of hydrogen-bond donors (Lipinski definition) is 2. The van der Waals surface area contributed by atoms with E-state index in [9.17, 15) is 18.3 Å². The van der Waals surface area contributed by atoms with Gasteiger partial charge in [-0.05, 0) is 47.7 Å². The highest BCUT2D eigenvalue weighted by molar-refractivity contribution is 7.89. The average molecular weight is 475 g/mol. The van der Waals surface area contributed by atoms with Gasteiger partial charge in [0.05, 0.1) is 40.4 Å². The number of hydrogen-bond acceptors (Lipinski definition) is 5. The number of fused-ring (bicyclic) bond motifs is 3. The summed E-state index contributed by atoms with van der Waals surface area (Å²) in [6.45, 7) is 1.53. The molecule has 2 aromatic rings. The molecule has 1 fully saturated rings. The molecule has 2 aromatic carbocycles. The van der Waals surface area contributed by atoms with Crippen LogP contribution in [0.5, 0.6) is 0 Å². The highest BCUT2D eigenvalue weighted by atomic mass is 35.5. The number of halogens is 1. The third kappa shape index (κ3) is 3.61. The zero-order valence-corrected chi connectivity index (χ0v) is 18.8. The van der Waals surface area contributed by atoms with Gasteiger partial charge in [0.15, 0.2) is 0 Å². The molecule has 0 amide bonds. The van der Waals surface area contributed by atoms with Gasteiger partial charge in [0.25, 0.3) is 0 Å². The molecule has 3 atom stereocenters. The second-order valence-corrected chi connectivity index (χ2v) is 10.6. The van der Waals surface area contributed by atoms with Crippen LogP contribution in [0.15, 0.2) is 53.4 Å². The van der Waals surface area contributed by atoms with Crippen molar-refractivity contribution in [2.45, 2.75) is 23.3 Å². The summed E-state index contributed by atoms with van der Waals surface area (Å²) in [6, 6.07) is 10.1. The number of anilines is 1. The molecule has 3 aliphatic rings. The number of nitrogens with zero attached hydrogens (tertiary/aromatic N) is 1. The second-order valence-electron chi connectivity index (χ2n) is 8.29. The van der Waals surface area contributed by atoms with Crippen molar-refractivity contribution >= 4 is 33.3 Å². The highest BCUT2D eigenvalue weighted by Gasteiger charge is 2.39. The predicted molar refractivity (Wildman–Crippen MR) is 121 cm³/mol. The van der Waals surface area contributed by atoms with Gasteiger partial charge < -0.3 is 15.2 Å². The Morgan fingerprint density at radius 3 is 2.56 bits per heavy atom. The maximum Gasteiger partial charge on any atom is 0.335 e. The molecule has 0 bridgehead atoms. The molecule has 5 rings (SSSR count). The Morgan fingerprint density at radius 1 is 1.16 bits per heavy atom. The Bertz CT molecular complexity index is 1190. The first-order chi connectivity index (χ1) is 15.4. The van der Waals surface area contributed by atoms with E-state index in [0.717, 1.165) is 23.2 Å². The van der Waals surface area contributed by atoms with Gasteiger partial charge in [0, 0.05) is 19.0 Å². The number of carbonyl (C=O) groups is 1. The van der Waals surface area contributed by atoms with E-state index in [1.165, 1.54) is 10.4 Å². The van der Waals surface area contributed by atoms with Crippen LogP contribution in [0.25, 0.3) is 0 Å². The van der Waals surface area contributed by atoms with Crippen molar-refractivity contribution in [3.63, 3.8) is 0 Å². The van der Waals surface area contributed by atoms with Crippen LogP contribution in [0.2, 0.25) is 5.02 Å². The third-order valence-corrected chi connectivity index (χ3v) is 8.73. The topological polar surface area (TPSA) is 95.9 Å². The van der Waals surface area contributed by atoms with Gasteiger partial charge in [-0.15, -0.1) is 0 Å². The molecule has 1 aliphatic carbocycles. The molecule has 0 aromatic heterocycles. The fourth-order valence-electron chi connectivity index (χ4n) is 4.89. The van der Waals surface area contributed by atoms with Crippen LogP contribution in [-0.2, 0) is 14.8 Å². The first kappa shape index (κ1) is 21.5. The molecule has 0 spiro atoms. The zero-order chi connectivity index (χ0) is 22.5. The summed E-state index contributed by atoms with van der Waals surface area (Å²) >= 11 is 6.46. The van der Waals surface area contributed by atoms with Crippen molar-refractivity contribution in [3.05, 3.63) is 70.3 Å². The van der Waals surface area contributed by atoms with Crippen molar-refractivity contribution in [1.29, 1.82) is 0 Å². The van der Waals surface area contributed by atoms with E-state index >= 15 is 0 Å². The number of sulfonamides is 1.